The summed E-state index contributed by atoms with van der Waals surface area (Å²) in [5, 5.41) is 17.3. The Morgan fingerprint density at radius 3 is 2.90 bits per heavy atom. The highest BCUT2D eigenvalue weighted by atomic mass is 16.6. The van der Waals surface area contributed by atoms with Gasteiger partial charge in [-0.1, -0.05) is 0 Å². The zero-order valence-electron chi connectivity index (χ0n) is 11.1. The molecule has 0 spiro atoms. The van der Waals surface area contributed by atoms with E-state index in [0.717, 1.165) is 0 Å². The van der Waals surface area contributed by atoms with E-state index in [9.17, 15) is 14.9 Å². The molecule has 0 radical (unpaired) electrons. The van der Waals surface area contributed by atoms with Gasteiger partial charge in [0, 0.05) is 18.8 Å². The molecular formula is C11H13N7O3. The first-order valence-corrected chi connectivity index (χ1v) is 5.87. The molecule has 10 nitrogen and oxygen atoms in total. The van der Waals surface area contributed by atoms with E-state index in [-0.39, 0.29) is 17.8 Å². The number of nitrogens with one attached hydrogen (secondary N) is 2. The van der Waals surface area contributed by atoms with Crippen LogP contribution in [0.4, 0.5) is 11.4 Å². The molecule has 0 aliphatic heterocycles. The van der Waals surface area contributed by atoms with Gasteiger partial charge in [-0.2, -0.15) is 5.10 Å². The van der Waals surface area contributed by atoms with Crippen LogP contribution in [0.3, 0.4) is 0 Å². The Morgan fingerprint density at radius 1 is 1.57 bits per heavy atom. The third-order valence-electron chi connectivity index (χ3n) is 2.79. The number of amides is 1. The highest BCUT2D eigenvalue weighted by Gasteiger charge is 2.23. The van der Waals surface area contributed by atoms with Crippen molar-refractivity contribution in [3.63, 3.8) is 0 Å². The molecule has 2 rings (SSSR count). The zero-order chi connectivity index (χ0) is 15.4. The van der Waals surface area contributed by atoms with Crippen LogP contribution in [-0.4, -0.2) is 38.0 Å². The van der Waals surface area contributed by atoms with Crippen molar-refractivity contribution in [1.82, 2.24) is 20.1 Å². The van der Waals surface area contributed by atoms with Crippen molar-refractivity contribution in [1.29, 1.82) is 0 Å². The number of anilines is 1. The van der Waals surface area contributed by atoms with Crippen molar-refractivity contribution in [2.24, 2.45) is 5.84 Å². The van der Waals surface area contributed by atoms with Gasteiger partial charge in [0.1, 0.15) is 17.7 Å². The summed E-state index contributed by atoms with van der Waals surface area (Å²) in [4.78, 5) is 28.0. The van der Waals surface area contributed by atoms with Gasteiger partial charge >= 0.3 is 0 Å². The van der Waals surface area contributed by atoms with Crippen molar-refractivity contribution in [3.05, 3.63) is 46.0 Å². The van der Waals surface area contributed by atoms with Crippen molar-refractivity contribution in [3.8, 4) is 0 Å². The molecule has 0 saturated carbocycles. The molecular weight excluding hydrogens is 278 g/mol. The smallest absolute Gasteiger partial charge is 0.282 e. The van der Waals surface area contributed by atoms with Crippen molar-refractivity contribution in [2.75, 3.05) is 12.5 Å². The summed E-state index contributed by atoms with van der Waals surface area (Å²) in [7, 11) is 1.51. The number of benzene rings is 1. The predicted octanol–water partition coefficient (Wildman–Crippen LogP) is 0.271. The maximum atomic E-state index is 12.4. The molecule has 0 atom stereocenters. The zero-order valence-corrected chi connectivity index (χ0v) is 11.1. The lowest BCUT2D eigenvalue weighted by atomic mass is 10.1. The highest BCUT2D eigenvalue weighted by molar-refractivity contribution is 5.98. The number of H-pyrrole nitrogens is 1. The third-order valence-corrected chi connectivity index (χ3v) is 2.79. The lowest BCUT2D eigenvalue weighted by Crippen LogP contribution is -2.27. The Hall–Kier alpha value is -3.01. The van der Waals surface area contributed by atoms with Gasteiger partial charge in [0.05, 0.1) is 11.5 Å². The molecule has 1 heterocycles. The molecule has 0 unspecified atom stereocenters. The molecule has 0 bridgehead atoms. The fourth-order valence-corrected chi connectivity index (χ4v) is 1.77. The molecule has 0 aliphatic rings. The van der Waals surface area contributed by atoms with Crippen LogP contribution in [-0.2, 0) is 6.54 Å². The van der Waals surface area contributed by atoms with Crippen LogP contribution in [0.2, 0.25) is 0 Å². The summed E-state index contributed by atoms with van der Waals surface area (Å²) < 4.78 is 0. The average molecular weight is 291 g/mol. The molecule has 1 aromatic carbocycles. The number of nitrogens with two attached hydrogens (primary N) is 1. The Morgan fingerprint density at radius 2 is 2.33 bits per heavy atom. The SMILES string of the molecule is CN(Cc1ncn[nH]1)C(=O)c1cc(NN)ccc1[N+](=O)[O-]. The summed E-state index contributed by atoms with van der Waals surface area (Å²) in [6.07, 6.45) is 1.31. The Kier molecular flexibility index (Phi) is 4.09. The largest absolute Gasteiger partial charge is 0.334 e. The molecule has 0 fully saturated rings. The van der Waals surface area contributed by atoms with Gasteiger partial charge < -0.3 is 10.3 Å². The lowest BCUT2D eigenvalue weighted by molar-refractivity contribution is -0.385. The second kappa shape index (κ2) is 5.96. The van der Waals surface area contributed by atoms with E-state index in [1.54, 1.807) is 0 Å². The molecule has 1 aromatic heterocycles. The van der Waals surface area contributed by atoms with Gasteiger partial charge in [-0.3, -0.25) is 25.9 Å². The number of carbonyl (C=O) groups excluding carboxylic acids is 1. The molecule has 0 saturated heterocycles. The molecule has 0 aliphatic carbocycles. The number of hydrazine groups is 1. The van der Waals surface area contributed by atoms with Gasteiger partial charge in [0.15, 0.2) is 0 Å². The topological polar surface area (TPSA) is 143 Å². The number of nitrogens with zero attached hydrogens (tertiary/aromatic N) is 4. The number of hydrogen-bond donors (Lipinski definition) is 3. The van der Waals surface area contributed by atoms with Gasteiger partial charge in [0.2, 0.25) is 0 Å². The van der Waals surface area contributed by atoms with E-state index in [0.29, 0.717) is 11.5 Å². The van der Waals surface area contributed by atoms with Gasteiger partial charge in [-0.25, -0.2) is 4.98 Å². The number of hydrogen-bond acceptors (Lipinski definition) is 7. The third kappa shape index (κ3) is 3.12. The minimum Gasteiger partial charge on any atom is -0.334 e. The average Bonchev–Trinajstić information content (AvgIpc) is 2.98. The minimum atomic E-state index is -0.615. The van der Waals surface area contributed by atoms with Crippen LogP contribution in [0.15, 0.2) is 24.5 Å². The minimum absolute atomic E-state index is 0.0579. The molecule has 2 aromatic rings. The molecule has 4 N–H and O–H groups in total. The Bertz CT molecular complexity index is 656. The van der Waals surface area contributed by atoms with Gasteiger partial charge in [0.25, 0.3) is 11.6 Å². The van der Waals surface area contributed by atoms with Crippen molar-refractivity contribution in [2.45, 2.75) is 6.54 Å². The van der Waals surface area contributed by atoms with Crippen LogP contribution in [0.1, 0.15) is 16.2 Å². The number of rotatable bonds is 5. The fraction of sp³-hybridized carbons (Fsp3) is 0.182. The first-order chi connectivity index (χ1) is 10.0. The summed E-state index contributed by atoms with van der Waals surface area (Å²) in [5.74, 6) is 5.22. The van der Waals surface area contributed by atoms with Crippen LogP contribution >= 0.6 is 0 Å². The quantitative estimate of drug-likeness (QED) is 0.407. The number of nitro groups is 1. The maximum Gasteiger partial charge on any atom is 0.282 e. The molecule has 1 amide bonds. The second-order valence-electron chi connectivity index (χ2n) is 4.23. The van der Waals surface area contributed by atoms with Crippen LogP contribution in [0, 0.1) is 10.1 Å². The molecule has 110 valence electrons. The molecule has 10 heteroatoms. The molecule has 21 heavy (non-hydrogen) atoms. The van der Waals surface area contributed by atoms with E-state index in [2.05, 4.69) is 20.6 Å². The summed E-state index contributed by atoms with van der Waals surface area (Å²) in [6, 6.07) is 3.98. The van der Waals surface area contributed by atoms with E-state index < -0.39 is 10.8 Å². The van der Waals surface area contributed by atoms with E-state index in [1.165, 1.54) is 36.5 Å². The van der Waals surface area contributed by atoms with E-state index in [4.69, 9.17) is 5.84 Å². The van der Waals surface area contributed by atoms with Crippen molar-refractivity contribution < 1.29 is 9.72 Å². The number of carbonyl (C=O) groups is 1. The second-order valence-corrected chi connectivity index (χ2v) is 4.23. The summed E-state index contributed by atoms with van der Waals surface area (Å²) in [5.41, 5.74) is 2.40. The van der Waals surface area contributed by atoms with Crippen LogP contribution in [0.5, 0.6) is 0 Å². The number of aromatic amines is 1. The highest BCUT2D eigenvalue weighted by Crippen LogP contribution is 2.23. The Balaban J connectivity index is 2.30. The van der Waals surface area contributed by atoms with E-state index in [1.807, 2.05) is 0 Å². The standard InChI is InChI=1S/C11H13N7O3/c1-17(5-10-13-6-14-16-10)11(19)8-4-7(15-12)2-3-9(8)18(20)21/h2-4,6,15H,5,12H2,1H3,(H,13,14,16). The van der Waals surface area contributed by atoms with Crippen molar-refractivity contribution >= 4 is 17.3 Å². The van der Waals surface area contributed by atoms with Crippen LogP contribution < -0.4 is 11.3 Å². The summed E-state index contributed by atoms with van der Waals surface area (Å²) >= 11 is 0. The first-order valence-electron chi connectivity index (χ1n) is 5.87. The number of nitro benzene ring substituents is 1. The van der Waals surface area contributed by atoms with E-state index >= 15 is 0 Å². The van der Waals surface area contributed by atoms with Gasteiger partial charge in [-0.15, -0.1) is 0 Å². The fourth-order valence-electron chi connectivity index (χ4n) is 1.77. The number of nitrogen functional groups attached to an aromatic ring is 1. The van der Waals surface area contributed by atoms with Crippen LogP contribution in [0.25, 0.3) is 0 Å². The summed E-state index contributed by atoms with van der Waals surface area (Å²) in [6.45, 7) is 0.149. The predicted molar refractivity (Wildman–Crippen MR) is 73.1 cm³/mol. The van der Waals surface area contributed by atoms with Gasteiger partial charge in [-0.05, 0) is 12.1 Å². The first kappa shape index (κ1) is 14.4. The maximum absolute atomic E-state index is 12.4. The monoisotopic (exact) mass is 291 g/mol. The Labute approximate surface area is 119 Å². The number of aromatic nitrogens is 3. The lowest BCUT2D eigenvalue weighted by Gasteiger charge is -2.16. The normalized spacial score (nSPS) is 10.2.